The number of rotatable bonds is 5. The SMILES string of the molecule is CCOC1CC(Nc2ccc(C(=O)OC)nn2)C1. The Labute approximate surface area is 106 Å². The van der Waals surface area contributed by atoms with Crippen molar-refractivity contribution in [2.24, 2.45) is 0 Å². The average Bonchev–Trinajstić information content (AvgIpc) is 2.36. The number of nitrogens with zero attached hydrogens (tertiary/aromatic N) is 2. The van der Waals surface area contributed by atoms with Crippen LogP contribution in [-0.2, 0) is 9.47 Å². The molecule has 1 aliphatic rings. The first-order valence-corrected chi connectivity index (χ1v) is 6.03. The van der Waals surface area contributed by atoms with Gasteiger partial charge in [0.1, 0.15) is 5.82 Å². The number of methoxy groups -OCH3 is 1. The normalized spacial score (nSPS) is 22.1. The molecular weight excluding hydrogens is 234 g/mol. The van der Waals surface area contributed by atoms with Gasteiger partial charge >= 0.3 is 5.97 Å². The van der Waals surface area contributed by atoms with Crippen LogP contribution in [0.2, 0.25) is 0 Å². The minimum Gasteiger partial charge on any atom is -0.464 e. The van der Waals surface area contributed by atoms with Crippen LogP contribution in [0.5, 0.6) is 0 Å². The van der Waals surface area contributed by atoms with Gasteiger partial charge in [-0.2, -0.15) is 0 Å². The fourth-order valence-corrected chi connectivity index (χ4v) is 1.89. The predicted octanol–water partition coefficient (Wildman–Crippen LogP) is 1.24. The van der Waals surface area contributed by atoms with Crippen molar-refractivity contribution in [3.8, 4) is 0 Å². The van der Waals surface area contributed by atoms with Crippen LogP contribution in [0.25, 0.3) is 0 Å². The van der Waals surface area contributed by atoms with E-state index in [0.717, 1.165) is 19.4 Å². The standard InChI is InChI=1S/C12H17N3O3/c1-3-18-9-6-8(7-9)13-11-5-4-10(14-15-11)12(16)17-2/h4-5,8-9H,3,6-7H2,1-2H3,(H,13,15). The number of hydrogen-bond acceptors (Lipinski definition) is 6. The molecule has 0 atom stereocenters. The van der Waals surface area contributed by atoms with E-state index in [1.165, 1.54) is 7.11 Å². The maximum atomic E-state index is 11.2. The van der Waals surface area contributed by atoms with Gasteiger partial charge in [-0.05, 0) is 31.9 Å². The van der Waals surface area contributed by atoms with Crippen LogP contribution >= 0.6 is 0 Å². The van der Waals surface area contributed by atoms with E-state index in [-0.39, 0.29) is 5.69 Å². The summed E-state index contributed by atoms with van der Waals surface area (Å²) >= 11 is 0. The van der Waals surface area contributed by atoms with E-state index in [1.807, 2.05) is 6.92 Å². The molecule has 0 unspecified atom stereocenters. The molecule has 0 saturated heterocycles. The first-order valence-electron chi connectivity index (χ1n) is 6.03. The van der Waals surface area contributed by atoms with Crippen molar-refractivity contribution < 1.29 is 14.3 Å². The molecule has 18 heavy (non-hydrogen) atoms. The Morgan fingerprint density at radius 3 is 2.78 bits per heavy atom. The van der Waals surface area contributed by atoms with E-state index >= 15 is 0 Å². The summed E-state index contributed by atoms with van der Waals surface area (Å²) in [5.74, 6) is 0.191. The van der Waals surface area contributed by atoms with Gasteiger partial charge in [0.05, 0.1) is 13.2 Å². The van der Waals surface area contributed by atoms with Gasteiger partial charge in [0.15, 0.2) is 5.69 Å². The molecule has 0 aliphatic heterocycles. The first-order chi connectivity index (χ1) is 8.72. The van der Waals surface area contributed by atoms with Crippen molar-refractivity contribution >= 4 is 11.8 Å². The molecule has 0 bridgehead atoms. The van der Waals surface area contributed by atoms with Gasteiger partial charge in [-0.1, -0.05) is 0 Å². The summed E-state index contributed by atoms with van der Waals surface area (Å²) in [6.45, 7) is 2.75. The number of carbonyl (C=O) groups excluding carboxylic acids is 1. The predicted molar refractivity (Wildman–Crippen MR) is 65.4 cm³/mol. The monoisotopic (exact) mass is 251 g/mol. The molecule has 1 aromatic rings. The second kappa shape index (κ2) is 5.77. The third kappa shape index (κ3) is 2.95. The zero-order chi connectivity index (χ0) is 13.0. The lowest BCUT2D eigenvalue weighted by Gasteiger charge is -2.35. The Kier molecular flexibility index (Phi) is 4.09. The van der Waals surface area contributed by atoms with Crippen LogP contribution in [-0.4, -0.2) is 42.0 Å². The zero-order valence-electron chi connectivity index (χ0n) is 10.5. The van der Waals surface area contributed by atoms with Gasteiger partial charge in [-0.15, -0.1) is 10.2 Å². The number of nitrogens with one attached hydrogen (secondary N) is 1. The number of anilines is 1. The van der Waals surface area contributed by atoms with Crippen LogP contribution in [0.3, 0.4) is 0 Å². The molecule has 1 aromatic heterocycles. The summed E-state index contributed by atoms with van der Waals surface area (Å²) < 4.78 is 10.0. The van der Waals surface area contributed by atoms with E-state index in [4.69, 9.17) is 4.74 Å². The fraction of sp³-hybridized carbons (Fsp3) is 0.583. The molecule has 0 amide bonds. The molecule has 1 N–H and O–H groups in total. The van der Waals surface area contributed by atoms with Gasteiger partial charge in [0, 0.05) is 12.6 Å². The Morgan fingerprint density at radius 2 is 2.22 bits per heavy atom. The molecule has 98 valence electrons. The van der Waals surface area contributed by atoms with Crippen molar-refractivity contribution in [2.45, 2.75) is 31.9 Å². The molecule has 2 rings (SSSR count). The second-order valence-electron chi connectivity index (χ2n) is 4.19. The number of aromatic nitrogens is 2. The van der Waals surface area contributed by atoms with Gasteiger partial charge in [0.2, 0.25) is 0 Å². The third-order valence-corrected chi connectivity index (χ3v) is 2.91. The maximum Gasteiger partial charge on any atom is 0.358 e. The molecule has 0 spiro atoms. The molecule has 0 radical (unpaired) electrons. The molecule has 1 fully saturated rings. The highest BCUT2D eigenvalue weighted by Crippen LogP contribution is 2.25. The second-order valence-corrected chi connectivity index (χ2v) is 4.19. The summed E-state index contributed by atoms with van der Waals surface area (Å²) in [5.41, 5.74) is 0.212. The van der Waals surface area contributed by atoms with Crippen LogP contribution in [0.15, 0.2) is 12.1 Å². The highest BCUT2D eigenvalue weighted by molar-refractivity contribution is 5.86. The third-order valence-electron chi connectivity index (χ3n) is 2.91. The maximum absolute atomic E-state index is 11.2. The summed E-state index contributed by atoms with van der Waals surface area (Å²) in [6.07, 6.45) is 2.32. The topological polar surface area (TPSA) is 73.3 Å². The number of carbonyl (C=O) groups is 1. The molecule has 6 nitrogen and oxygen atoms in total. The van der Waals surface area contributed by atoms with E-state index in [2.05, 4.69) is 20.3 Å². The molecule has 0 aromatic carbocycles. The van der Waals surface area contributed by atoms with Crippen molar-refractivity contribution in [3.05, 3.63) is 17.8 Å². The Morgan fingerprint density at radius 1 is 1.44 bits per heavy atom. The smallest absolute Gasteiger partial charge is 0.358 e. The molecule has 1 aliphatic carbocycles. The lowest BCUT2D eigenvalue weighted by atomic mass is 9.89. The fourth-order valence-electron chi connectivity index (χ4n) is 1.89. The summed E-state index contributed by atoms with van der Waals surface area (Å²) in [5, 5.41) is 11.0. The first kappa shape index (κ1) is 12.8. The minimum atomic E-state index is -0.478. The average molecular weight is 251 g/mol. The van der Waals surface area contributed by atoms with Gasteiger partial charge < -0.3 is 14.8 Å². The molecule has 1 saturated carbocycles. The summed E-state index contributed by atoms with van der Waals surface area (Å²) in [7, 11) is 1.32. The Bertz CT molecular complexity index is 402. The van der Waals surface area contributed by atoms with Crippen molar-refractivity contribution in [2.75, 3.05) is 19.0 Å². The Balaban J connectivity index is 1.83. The van der Waals surface area contributed by atoms with E-state index in [0.29, 0.717) is 18.0 Å². The van der Waals surface area contributed by atoms with Crippen molar-refractivity contribution in [1.82, 2.24) is 10.2 Å². The highest BCUT2D eigenvalue weighted by atomic mass is 16.5. The highest BCUT2D eigenvalue weighted by Gasteiger charge is 2.29. The minimum absolute atomic E-state index is 0.212. The molecule has 1 heterocycles. The van der Waals surface area contributed by atoms with Crippen LogP contribution in [0, 0.1) is 0 Å². The quantitative estimate of drug-likeness (QED) is 0.794. The molecular formula is C12H17N3O3. The number of ether oxygens (including phenoxy) is 2. The summed E-state index contributed by atoms with van der Waals surface area (Å²) in [6, 6.07) is 3.70. The van der Waals surface area contributed by atoms with Gasteiger partial charge in [0.25, 0.3) is 0 Å². The summed E-state index contributed by atoms with van der Waals surface area (Å²) in [4.78, 5) is 11.2. The van der Waals surface area contributed by atoms with E-state index in [9.17, 15) is 4.79 Å². The number of esters is 1. The van der Waals surface area contributed by atoms with Crippen LogP contribution in [0.4, 0.5) is 5.82 Å². The lowest BCUT2D eigenvalue weighted by Crippen LogP contribution is -2.41. The Hall–Kier alpha value is -1.69. The largest absolute Gasteiger partial charge is 0.464 e. The van der Waals surface area contributed by atoms with Crippen molar-refractivity contribution in [3.63, 3.8) is 0 Å². The van der Waals surface area contributed by atoms with Crippen LogP contribution in [0.1, 0.15) is 30.3 Å². The number of hydrogen-bond donors (Lipinski definition) is 1. The lowest BCUT2D eigenvalue weighted by molar-refractivity contribution is 0.00291. The van der Waals surface area contributed by atoms with Gasteiger partial charge in [-0.3, -0.25) is 0 Å². The van der Waals surface area contributed by atoms with E-state index in [1.54, 1.807) is 12.1 Å². The van der Waals surface area contributed by atoms with Crippen LogP contribution < -0.4 is 5.32 Å². The van der Waals surface area contributed by atoms with Gasteiger partial charge in [-0.25, -0.2) is 4.79 Å². The van der Waals surface area contributed by atoms with Crippen molar-refractivity contribution in [1.29, 1.82) is 0 Å². The molecule has 6 heteroatoms. The zero-order valence-corrected chi connectivity index (χ0v) is 10.5. The van der Waals surface area contributed by atoms with E-state index < -0.39 is 5.97 Å².